The Morgan fingerprint density at radius 3 is 2.55 bits per heavy atom. The molecule has 2 saturated heterocycles. The van der Waals surface area contributed by atoms with Gasteiger partial charge in [-0.15, -0.1) is 11.8 Å². The summed E-state index contributed by atoms with van der Waals surface area (Å²) in [5, 5.41) is -0.579. The van der Waals surface area contributed by atoms with Crippen LogP contribution in [0, 0.1) is 17.5 Å². The largest absolute Gasteiger partial charge is 0.324 e. The van der Waals surface area contributed by atoms with E-state index in [-0.39, 0.29) is 17.2 Å². The zero-order valence-corrected chi connectivity index (χ0v) is 12.8. The SMILES string of the molecule is O=C1CSC(c2ccc(F)c(F)c2F)N1CCN1CCCC1. The molecule has 1 aromatic carbocycles. The van der Waals surface area contributed by atoms with E-state index < -0.39 is 22.8 Å². The Bertz CT molecular complexity index is 578. The maximum absolute atomic E-state index is 14.0. The number of amides is 1. The van der Waals surface area contributed by atoms with Gasteiger partial charge in [0.05, 0.1) is 5.75 Å². The van der Waals surface area contributed by atoms with Crippen molar-refractivity contribution in [3.8, 4) is 0 Å². The first-order valence-electron chi connectivity index (χ1n) is 7.35. The number of carbonyl (C=O) groups is 1. The normalized spacial score (nSPS) is 22.8. The molecule has 22 heavy (non-hydrogen) atoms. The van der Waals surface area contributed by atoms with Gasteiger partial charge in [0.15, 0.2) is 17.5 Å². The lowest BCUT2D eigenvalue weighted by Gasteiger charge is -2.27. The van der Waals surface area contributed by atoms with Crippen LogP contribution in [0.3, 0.4) is 0 Å². The number of thioether (sulfide) groups is 1. The third-order valence-electron chi connectivity index (χ3n) is 4.16. The maximum Gasteiger partial charge on any atom is 0.233 e. The summed E-state index contributed by atoms with van der Waals surface area (Å²) in [4.78, 5) is 15.8. The molecule has 1 atom stereocenters. The highest BCUT2D eigenvalue weighted by Gasteiger charge is 2.35. The van der Waals surface area contributed by atoms with Crippen LogP contribution in [0.2, 0.25) is 0 Å². The highest BCUT2D eigenvalue weighted by atomic mass is 32.2. The second-order valence-electron chi connectivity index (χ2n) is 5.56. The lowest BCUT2D eigenvalue weighted by atomic mass is 10.1. The molecule has 0 aromatic heterocycles. The summed E-state index contributed by atoms with van der Waals surface area (Å²) in [5.41, 5.74) is 0.0381. The molecule has 2 aliphatic heterocycles. The van der Waals surface area contributed by atoms with Crippen molar-refractivity contribution in [1.29, 1.82) is 0 Å². The number of halogens is 3. The minimum absolute atomic E-state index is 0.0381. The highest BCUT2D eigenvalue weighted by molar-refractivity contribution is 8.00. The second-order valence-corrected chi connectivity index (χ2v) is 6.63. The van der Waals surface area contributed by atoms with E-state index in [2.05, 4.69) is 4.90 Å². The van der Waals surface area contributed by atoms with Crippen molar-refractivity contribution in [2.24, 2.45) is 0 Å². The highest BCUT2D eigenvalue weighted by Crippen LogP contribution is 2.40. The van der Waals surface area contributed by atoms with E-state index >= 15 is 0 Å². The van der Waals surface area contributed by atoms with Gasteiger partial charge < -0.3 is 9.80 Å². The van der Waals surface area contributed by atoms with Gasteiger partial charge in [0, 0.05) is 18.7 Å². The molecule has 2 aliphatic rings. The van der Waals surface area contributed by atoms with Gasteiger partial charge in [0.2, 0.25) is 5.91 Å². The van der Waals surface area contributed by atoms with Gasteiger partial charge in [-0.25, -0.2) is 13.2 Å². The molecule has 0 bridgehead atoms. The van der Waals surface area contributed by atoms with Crippen molar-refractivity contribution >= 4 is 17.7 Å². The van der Waals surface area contributed by atoms with Gasteiger partial charge >= 0.3 is 0 Å². The van der Waals surface area contributed by atoms with E-state index in [1.807, 2.05) is 0 Å². The average molecular weight is 330 g/mol. The summed E-state index contributed by atoms with van der Waals surface area (Å²) in [6.45, 7) is 3.24. The Morgan fingerprint density at radius 1 is 1.09 bits per heavy atom. The molecule has 2 fully saturated rings. The molecule has 120 valence electrons. The van der Waals surface area contributed by atoms with E-state index in [1.165, 1.54) is 17.8 Å². The summed E-state index contributed by atoms with van der Waals surface area (Å²) >= 11 is 1.25. The summed E-state index contributed by atoms with van der Waals surface area (Å²) in [7, 11) is 0. The molecular formula is C15H17F3N2OS. The predicted molar refractivity (Wildman–Crippen MR) is 78.9 cm³/mol. The molecule has 1 unspecified atom stereocenters. The Balaban J connectivity index is 1.76. The topological polar surface area (TPSA) is 23.6 Å². The quantitative estimate of drug-likeness (QED) is 0.793. The lowest BCUT2D eigenvalue weighted by Crippen LogP contribution is -2.36. The Kier molecular flexibility index (Phi) is 4.63. The second kappa shape index (κ2) is 6.50. The third kappa shape index (κ3) is 2.96. The summed E-state index contributed by atoms with van der Waals surface area (Å²) in [6, 6.07) is 2.14. The Hall–Kier alpha value is -1.21. The molecule has 0 radical (unpaired) electrons. The number of rotatable bonds is 4. The minimum Gasteiger partial charge on any atom is -0.324 e. The number of hydrogen-bond donors (Lipinski definition) is 0. The molecule has 3 rings (SSSR count). The number of benzene rings is 1. The number of carbonyl (C=O) groups excluding carboxylic acids is 1. The fraction of sp³-hybridized carbons (Fsp3) is 0.533. The Morgan fingerprint density at radius 2 is 1.82 bits per heavy atom. The number of nitrogens with zero attached hydrogens (tertiary/aromatic N) is 2. The summed E-state index contributed by atoms with van der Waals surface area (Å²) in [5.74, 6) is -3.73. The van der Waals surface area contributed by atoms with Crippen LogP contribution in [0.5, 0.6) is 0 Å². The van der Waals surface area contributed by atoms with Gasteiger partial charge in [-0.3, -0.25) is 4.79 Å². The van der Waals surface area contributed by atoms with Crippen molar-refractivity contribution in [1.82, 2.24) is 9.80 Å². The molecule has 1 aromatic rings. The van der Waals surface area contributed by atoms with Crippen molar-refractivity contribution in [3.05, 3.63) is 35.1 Å². The first-order chi connectivity index (χ1) is 10.6. The molecule has 0 spiro atoms. The van der Waals surface area contributed by atoms with Crippen LogP contribution in [0.4, 0.5) is 13.2 Å². The lowest BCUT2D eigenvalue weighted by molar-refractivity contribution is -0.128. The fourth-order valence-corrected chi connectivity index (χ4v) is 4.17. The molecule has 3 nitrogen and oxygen atoms in total. The van der Waals surface area contributed by atoms with Gasteiger partial charge in [-0.2, -0.15) is 0 Å². The monoisotopic (exact) mass is 330 g/mol. The van der Waals surface area contributed by atoms with Gasteiger partial charge in [-0.05, 0) is 32.0 Å². The van der Waals surface area contributed by atoms with E-state index in [1.54, 1.807) is 4.90 Å². The zero-order chi connectivity index (χ0) is 15.7. The molecule has 2 heterocycles. The average Bonchev–Trinajstić information content (AvgIpc) is 3.13. The van der Waals surface area contributed by atoms with Gasteiger partial charge in [0.25, 0.3) is 0 Å². The van der Waals surface area contributed by atoms with Crippen LogP contribution in [0.25, 0.3) is 0 Å². The maximum atomic E-state index is 14.0. The zero-order valence-electron chi connectivity index (χ0n) is 12.0. The van der Waals surface area contributed by atoms with Crippen LogP contribution >= 0.6 is 11.8 Å². The van der Waals surface area contributed by atoms with Crippen LogP contribution in [-0.4, -0.2) is 47.6 Å². The molecule has 0 N–H and O–H groups in total. The molecule has 0 aliphatic carbocycles. The standard InChI is InChI=1S/C15H17F3N2OS/c16-11-4-3-10(13(17)14(11)18)15-20(12(21)9-22-15)8-7-19-5-1-2-6-19/h3-4,15H,1-2,5-9H2. The molecule has 1 amide bonds. The summed E-state index contributed by atoms with van der Waals surface area (Å²) < 4.78 is 40.5. The van der Waals surface area contributed by atoms with Crippen LogP contribution < -0.4 is 0 Å². The smallest absolute Gasteiger partial charge is 0.233 e. The van der Waals surface area contributed by atoms with Crippen molar-refractivity contribution in [3.63, 3.8) is 0 Å². The van der Waals surface area contributed by atoms with Crippen molar-refractivity contribution < 1.29 is 18.0 Å². The number of likely N-dealkylation sites (tertiary alicyclic amines) is 1. The molecule has 0 saturated carbocycles. The fourth-order valence-electron chi connectivity index (χ4n) is 2.94. The van der Waals surface area contributed by atoms with Crippen molar-refractivity contribution in [2.45, 2.75) is 18.2 Å². The van der Waals surface area contributed by atoms with E-state index in [4.69, 9.17) is 0 Å². The van der Waals surface area contributed by atoms with E-state index in [0.29, 0.717) is 6.54 Å². The van der Waals surface area contributed by atoms with Crippen LogP contribution in [0.1, 0.15) is 23.8 Å². The van der Waals surface area contributed by atoms with E-state index in [0.717, 1.165) is 38.5 Å². The van der Waals surface area contributed by atoms with Crippen LogP contribution in [0.15, 0.2) is 12.1 Å². The third-order valence-corrected chi connectivity index (χ3v) is 5.39. The van der Waals surface area contributed by atoms with E-state index in [9.17, 15) is 18.0 Å². The molecule has 7 heteroatoms. The molecular weight excluding hydrogens is 313 g/mol. The van der Waals surface area contributed by atoms with Gasteiger partial charge in [0.1, 0.15) is 5.37 Å². The van der Waals surface area contributed by atoms with Gasteiger partial charge in [-0.1, -0.05) is 6.07 Å². The summed E-state index contributed by atoms with van der Waals surface area (Å²) in [6.07, 6.45) is 2.31. The minimum atomic E-state index is -1.48. The van der Waals surface area contributed by atoms with Crippen molar-refractivity contribution in [2.75, 3.05) is 31.9 Å². The number of hydrogen-bond acceptors (Lipinski definition) is 3. The first kappa shape index (κ1) is 15.7. The first-order valence-corrected chi connectivity index (χ1v) is 8.39. The van der Waals surface area contributed by atoms with Crippen LogP contribution in [-0.2, 0) is 4.79 Å². The Labute approximate surface area is 131 Å². The predicted octanol–water partition coefficient (Wildman–Crippen LogP) is 2.77.